The van der Waals surface area contributed by atoms with Gasteiger partial charge in [0.05, 0.1) is 17.4 Å². The Kier molecular flexibility index (Phi) is 4.17. The Morgan fingerprint density at radius 3 is 2.77 bits per heavy atom. The van der Waals surface area contributed by atoms with Gasteiger partial charge in [0.25, 0.3) is 5.91 Å². The van der Waals surface area contributed by atoms with E-state index in [2.05, 4.69) is 42.3 Å². The average molecular weight is 343 g/mol. The van der Waals surface area contributed by atoms with E-state index in [0.717, 1.165) is 23.5 Å². The third kappa shape index (κ3) is 3.06. The maximum atomic E-state index is 13.1. The zero-order valence-corrected chi connectivity index (χ0v) is 14.9. The van der Waals surface area contributed by atoms with Crippen molar-refractivity contribution in [1.29, 1.82) is 0 Å². The van der Waals surface area contributed by atoms with Crippen molar-refractivity contribution in [2.45, 2.75) is 26.3 Å². The van der Waals surface area contributed by atoms with Gasteiger partial charge < -0.3 is 10.2 Å². The van der Waals surface area contributed by atoms with Crippen LogP contribution in [-0.2, 0) is 6.42 Å². The van der Waals surface area contributed by atoms with Crippen LogP contribution in [0, 0.1) is 6.92 Å². The molecule has 4 nitrogen and oxygen atoms in total. The lowest BCUT2D eigenvalue weighted by Gasteiger charge is -2.23. The van der Waals surface area contributed by atoms with E-state index in [4.69, 9.17) is 0 Å². The molecule has 1 atom stereocenters. The van der Waals surface area contributed by atoms with Crippen molar-refractivity contribution in [3.05, 3.63) is 83.7 Å². The van der Waals surface area contributed by atoms with Crippen molar-refractivity contribution in [2.75, 3.05) is 10.2 Å². The van der Waals surface area contributed by atoms with Gasteiger partial charge in [-0.15, -0.1) is 0 Å². The van der Waals surface area contributed by atoms with E-state index in [9.17, 15) is 4.79 Å². The molecule has 0 fully saturated rings. The van der Waals surface area contributed by atoms with Gasteiger partial charge in [-0.3, -0.25) is 9.78 Å². The third-order valence-corrected chi connectivity index (χ3v) is 4.72. The van der Waals surface area contributed by atoms with Crippen LogP contribution < -0.4 is 10.2 Å². The highest BCUT2D eigenvalue weighted by Gasteiger charge is 2.31. The Hall–Kier alpha value is -3.14. The van der Waals surface area contributed by atoms with Gasteiger partial charge in [0, 0.05) is 23.6 Å². The molecule has 4 rings (SSSR count). The molecule has 1 amide bonds. The summed E-state index contributed by atoms with van der Waals surface area (Å²) in [5, 5.41) is 3.33. The molecule has 1 aliphatic rings. The van der Waals surface area contributed by atoms with Crippen molar-refractivity contribution in [2.24, 2.45) is 0 Å². The number of hydrogen-bond donors (Lipinski definition) is 1. The minimum atomic E-state index is -0.0113. The molecule has 0 spiro atoms. The Morgan fingerprint density at radius 2 is 1.92 bits per heavy atom. The number of amides is 1. The lowest BCUT2D eigenvalue weighted by molar-refractivity contribution is 0.0981. The fourth-order valence-electron chi connectivity index (χ4n) is 3.53. The lowest BCUT2D eigenvalue weighted by atomic mass is 10.1. The molecule has 4 heteroatoms. The molecule has 0 bridgehead atoms. The summed E-state index contributed by atoms with van der Waals surface area (Å²) in [7, 11) is 0. The number of hydrogen-bond acceptors (Lipinski definition) is 3. The van der Waals surface area contributed by atoms with E-state index in [0.29, 0.717) is 5.56 Å². The lowest BCUT2D eigenvalue weighted by Crippen LogP contribution is -2.35. The first-order chi connectivity index (χ1) is 12.6. The summed E-state index contributed by atoms with van der Waals surface area (Å²) in [6.07, 6.45) is 4.26. The largest absolute Gasteiger partial charge is 0.354 e. The highest BCUT2D eigenvalue weighted by molar-refractivity contribution is 6.08. The van der Waals surface area contributed by atoms with Gasteiger partial charge in [-0.25, -0.2) is 0 Å². The second kappa shape index (κ2) is 6.64. The van der Waals surface area contributed by atoms with Crippen LogP contribution in [0.5, 0.6) is 0 Å². The number of fused-ring (bicyclic) bond motifs is 1. The van der Waals surface area contributed by atoms with Gasteiger partial charge in [-0.2, -0.15) is 0 Å². The van der Waals surface area contributed by atoms with Gasteiger partial charge in [-0.1, -0.05) is 30.3 Å². The molecule has 1 unspecified atom stereocenters. The molecule has 130 valence electrons. The molecule has 3 aromatic rings. The topological polar surface area (TPSA) is 45.2 Å². The summed E-state index contributed by atoms with van der Waals surface area (Å²) in [4.78, 5) is 19.3. The van der Waals surface area contributed by atoms with E-state index in [1.807, 2.05) is 41.3 Å². The number of carbonyl (C=O) groups is 1. The fraction of sp³-hybridized carbons (Fsp3) is 0.182. The smallest absolute Gasteiger partial charge is 0.260 e. The molecular weight excluding hydrogens is 322 g/mol. The second-order valence-electron chi connectivity index (χ2n) is 6.81. The van der Waals surface area contributed by atoms with Crippen molar-refractivity contribution in [3.8, 4) is 0 Å². The Balaban J connectivity index is 1.61. The van der Waals surface area contributed by atoms with Crippen molar-refractivity contribution >= 4 is 23.0 Å². The molecule has 0 saturated carbocycles. The molecule has 1 N–H and O–H groups in total. The molecule has 2 aromatic carbocycles. The van der Waals surface area contributed by atoms with E-state index >= 15 is 0 Å². The van der Waals surface area contributed by atoms with E-state index in [-0.39, 0.29) is 11.9 Å². The van der Waals surface area contributed by atoms with Crippen LogP contribution in [0.15, 0.2) is 67.0 Å². The second-order valence-corrected chi connectivity index (χ2v) is 6.81. The highest BCUT2D eigenvalue weighted by atomic mass is 16.2. The van der Waals surface area contributed by atoms with Gasteiger partial charge in [0.1, 0.15) is 0 Å². The van der Waals surface area contributed by atoms with Crippen molar-refractivity contribution in [3.63, 3.8) is 0 Å². The van der Waals surface area contributed by atoms with E-state index in [1.165, 1.54) is 11.1 Å². The number of nitrogens with one attached hydrogen (secondary N) is 1. The predicted molar refractivity (Wildman–Crippen MR) is 105 cm³/mol. The molecular formula is C22H21N3O. The quantitative estimate of drug-likeness (QED) is 0.748. The standard InChI is InChI=1S/C22H21N3O/c1-15-6-5-8-19(10-15)24-20-12-18(13-23-14-20)22(26)25-16(2)11-17-7-3-4-9-21(17)25/h3-10,12-14,16,24H,11H2,1-2H3. The molecule has 0 aliphatic carbocycles. The van der Waals surface area contributed by atoms with Crippen molar-refractivity contribution in [1.82, 2.24) is 4.98 Å². The molecule has 1 aliphatic heterocycles. The minimum Gasteiger partial charge on any atom is -0.354 e. The highest BCUT2D eigenvalue weighted by Crippen LogP contribution is 2.33. The molecule has 0 saturated heterocycles. The van der Waals surface area contributed by atoms with Crippen LogP contribution >= 0.6 is 0 Å². The maximum Gasteiger partial charge on any atom is 0.260 e. The minimum absolute atomic E-state index is 0.0113. The number of pyridine rings is 1. The number of para-hydroxylation sites is 1. The van der Waals surface area contributed by atoms with Gasteiger partial charge >= 0.3 is 0 Å². The predicted octanol–water partition coefficient (Wildman–Crippen LogP) is 4.73. The monoisotopic (exact) mass is 343 g/mol. The summed E-state index contributed by atoms with van der Waals surface area (Å²) in [5.74, 6) is -0.0113. The van der Waals surface area contributed by atoms with Crippen LogP contribution in [0.2, 0.25) is 0 Å². The van der Waals surface area contributed by atoms with Crippen LogP contribution in [0.1, 0.15) is 28.4 Å². The number of rotatable bonds is 3. The molecule has 26 heavy (non-hydrogen) atoms. The summed E-state index contributed by atoms with van der Waals surface area (Å²) >= 11 is 0. The zero-order valence-electron chi connectivity index (χ0n) is 14.9. The number of aromatic nitrogens is 1. The van der Waals surface area contributed by atoms with Gasteiger partial charge in [-0.05, 0) is 55.7 Å². The van der Waals surface area contributed by atoms with Crippen LogP contribution in [0.3, 0.4) is 0 Å². The number of aryl methyl sites for hydroxylation is 1. The number of carbonyl (C=O) groups excluding carboxylic acids is 1. The first-order valence-electron chi connectivity index (χ1n) is 8.82. The van der Waals surface area contributed by atoms with Crippen LogP contribution in [-0.4, -0.2) is 16.9 Å². The SMILES string of the molecule is Cc1cccc(Nc2cncc(C(=O)N3c4ccccc4CC3C)c2)c1. The number of benzene rings is 2. The van der Waals surface area contributed by atoms with Gasteiger partial charge in [0.15, 0.2) is 0 Å². The molecule has 0 radical (unpaired) electrons. The Labute approximate surface area is 153 Å². The zero-order chi connectivity index (χ0) is 18.1. The van der Waals surface area contributed by atoms with Gasteiger partial charge in [0.2, 0.25) is 0 Å². The first kappa shape index (κ1) is 16.3. The van der Waals surface area contributed by atoms with Crippen LogP contribution in [0.4, 0.5) is 17.1 Å². The van der Waals surface area contributed by atoms with Crippen molar-refractivity contribution < 1.29 is 4.79 Å². The summed E-state index contributed by atoms with van der Waals surface area (Å²) < 4.78 is 0. The van der Waals surface area contributed by atoms with Crippen LogP contribution in [0.25, 0.3) is 0 Å². The van der Waals surface area contributed by atoms with E-state index < -0.39 is 0 Å². The third-order valence-electron chi connectivity index (χ3n) is 4.72. The normalized spacial score (nSPS) is 15.6. The fourth-order valence-corrected chi connectivity index (χ4v) is 3.53. The molecule has 2 heterocycles. The Bertz CT molecular complexity index is 967. The average Bonchev–Trinajstić information content (AvgIpc) is 2.97. The number of nitrogens with zero attached hydrogens (tertiary/aromatic N) is 2. The number of anilines is 3. The Morgan fingerprint density at radius 1 is 1.08 bits per heavy atom. The maximum absolute atomic E-state index is 13.1. The first-order valence-corrected chi connectivity index (χ1v) is 8.82. The van der Waals surface area contributed by atoms with E-state index in [1.54, 1.807) is 12.4 Å². The molecule has 1 aromatic heterocycles. The summed E-state index contributed by atoms with van der Waals surface area (Å²) in [6, 6.07) is 18.2. The summed E-state index contributed by atoms with van der Waals surface area (Å²) in [6.45, 7) is 4.13. The summed E-state index contributed by atoms with van der Waals surface area (Å²) in [5.41, 5.74) is 5.78.